The number of hydrogen-bond donors (Lipinski definition) is 2. The number of nitrogens with one attached hydrogen (secondary N) is 1. The highest BCUT2D eigenvalue weighted by Crippen LogP contribution is 2.32. The maximum absolute atomic E-state index is 12.1. The van der Waals surface area contributed by atoms with Crippen LogP contribution in [0.25, 0.3) is 0 Å². The average molecular weight is 211 g/mol. The van der Waals surface area contributed by atoms with Crippen LogP contribution >= 0.6 is 0 Å². The van der Waals surface area contributed by atoms with Crippen molar-refractivity contribution >= 4 is 11.8 Å². The molecule has 1 spiro atoms. The van der Waals surface area contributed by atoms with Gasteiger partial charge in [0.2, 0.25) is 11.8 Å². The molecule has 0 aliphatic carbocycles. The third-order valence-electron chi connectivity index (χ3n) is 3.57. The van der Waals surface area contributed by atoms with Gasteiger partial charge in [-0.3, -0.25) is 9.59 Å². The second-order valence-corrected chi connectivity index (χ2v) is 4.44. The minimum atomic E-state index is -0.487. The second-order valence-electron chi connectivity index (χ2n) is 4.44. The first-order valence-electron chi connectivity index (χ1n) is 5.42. The molecule has 3 N–H and O–H groups in total. The molecule has 2 rings (SSSR count). The molecule has 2 aliphatic rings. The first kappa shape index (κ1) is 10.4. The Labute approximate surface area is 89.0 Å². The number of amides is 2. The smallest absolute Gasteiger partial charge is 0.243 e. The maximum atomic E-state index is 12.1. The molecule has 5 nitrogen and oxygen atoms in total. The molecule has 2 amide bonds. The minimum Gasteiger partial charge on any atom is -0.368 e. The molecule has 2 fully saturated rings. The lowest BCUT2D eigenvalue weighted by Gasteiger charge is -2.25. The number of likely N-dealkylation sites (tertiary alicyclic amines) is 1. The fourth-order valence-corrected chi connectivity index (χ4v) is 2.52. The number of nitrogens with two attached hydrogens (primary N) is 1. The highest BCUT2D eigenvalue weighted by molar-refractivity contribution is 5.93. The molecule has 2 aliphatic heterocycles. The zero-order chi connectivity index (χ0) is 11.1. The molecule has 0 aromatic rings. The van der Waals surface area contributed by atoms with Crippen LogP contribution in [-0.4, -0.2) is 41.4 Å². The molecule has 15 heavy (non-hydrogen) atoms. The van der Waals surface area contributed by atoms with Gasteiger partial charge in [-0.2, -0.15) is 0 Å². The molecule has 0 radical (unpaired) electrons. The number of nitrogens with zero attached hydrogens (tertiary/aromatic N) is 1. The molecule has 0 aromatic carbocycles. The lowest BCUT2D eigenvalue weighted by molar-refractivity contribution is -0.138. The van der Waals surface area contributed by atoms with Gasteiger partial charge in [0, 0.05) is 6.54 Å². The van der Waals surface area contributed by atoms with E-state index in [0.29, 0.717) is 6.54 Å². The summed E-state index contributed by atoms with van der Waals surface area (Å²) in [4.78, 5) is 24.8. The standard InChI is InChI=1S/C10H17N3O2/c1-7(8(11)14)13-6-4-10(9(13)15)3-2-5-12-10/h7,12H,2-6H2,1H3,(H2,11,14). The van der Waals surface area contributed by atoms with Crippen LogP contribution in [0.3, 0.4) is 0 Å². The molecule has 0 aromatic heterocycles. The predicted molar refractivity (Wildman–Crippen MR) is 55.0 cm³/mol. The summed E-state index contributed by atoms with van der Waals surface area (Å²) in [7, 11) is 0. The number of carbonyl (C=O) groups is 2. The minimum absolute atomic E-state index is 0.0475. The monoisotopic (exact) mass is 211 g/mol. The summed E-state index contributed by atoms with van der Waals surface area (Å²) < 4.78 is 0. The van der Waals surface area contributed by atoms with Gasteiger partial charge in [0.25, 0.3) is 0 Å². The van der Waals surface area contributed by atoms with Gasteiger partial charge in [-0.15, -0.1) is 0 Å². The van der Waals surface area contributed by atoms with Crippen molar-refractivity contribution in [1.29, 1.82) is 0 Å². The predicted octanol–water partition coefficient (Wildman–Crippen LogP) is -0.785. The average Bonchev–Trinajstić information content (AvgIpc) is 2.77. The fourth-order valence-electron chi connectivity index (χ4n) is 2.52. The molecular weight excluding hydrogens is 194 g/mol. The number of rotatable bonds is 2. The van der Waals surface area contributed by atoms with Crippen LogP contribution in [0.5, 0.6) is 0 Å². The zero-order valence-corrected chi connectivity index (χ0v) is 8.95. The highest BCUT2D eigenvalue weighted by Gasteiger charge is 2.49. The summed E-state index contributed by atoms with van der Waals surface area (Å²) in [6.07, 6.45) is 2.71. The SMILES string of the molecule is CC(C(N)=O)N1CCC2(CCCN2)C1=O. The first-order chi connectivity index (χ1) is 7.07. The summed E-state index contributed by atoms with van der Waals surface area (Å²) in [6, 6.07) is -0.487. The summed E-state index contributed by atoms with van der Waals surface area (Å²) >= 11 is 0. The van der Waals surface area contributed by atoms with Crippen molar-refractivity contribution < 1.29 is 9.59 Å². The van der Waals surface area contributed by atoms with Crippen molar-refractivity contribution in [1.82, 2.24) is 10.2 Å². The fraction of sp³-hybridized carbons (Fsp3) is 0.800. The normalized spacial score (nSPS) is 32.6. The Kier molecular flexibility index (Phi) is 2.42. The Morgan fingerprint density at radius 3 is 2.87 bits per heavy atom. The molecule has 2 atom stereocenters. The van der Waals surface area contributed by atoms with E-state index < -0.39 is 11.9 Å². The summed E-state index contributed by atoms with van der Waals surface area (Å²) in [5, 5.41) is 3.26. The third kappa shape index (κ3) is 1.51. The van der Waals surface area contributed by atoms with Crippen LogP contribution in [0, 0.1) is 0 Å². The Hall–Kier alpha value is -1.10. The quantitative estimate of drug-likeness (QED) is 0.629. The van der Waals surface area contributed by atoms with Crippen LogP contribution < -0.4 is 11.1 Å². The van der Waals surface area contributed by atoms with Gasteiger partial charge in [0.05, 0.1) is 5.54 Å². The van der Waals surface area contributed by atoms with Gasteiger partial charge in [0.1, 0.15) is 6.04 Å². The van der Waals surface area contributed by atoms with E-state index in [0.717, 1.165) is 25.8 Å². The van der Waals surface area contributed by atoms with Gasteiger partial charge >= 0.3 is 0 Å². The van der Waals surface area contributed by atoms with Gasteiger partial charge in [-0.05, 0) is 32.7 Å². The van der Waals surface area contributed by atoms with Gasteiger partial charge in [-0.1, -0.05) is 0 Å². The Balaban J connectivity index is 2.13. The number of hydrogen-bond acceptors (Lipinski definition) is 3. The van der Waals surface area contributed by atoms with Crippen molar-refractivity contribution in [2.75, 3.05) is 13.1 Å². The number of carbonyl (C=O) groups excluding carboxylic acids is 2. The highest BCUT2D eigenvalue weighted by atomic mass is 16.2. The van der Waals surface area contributed by atoms with E-state index in [1.165, 1.54) is 0 Å². The molecule has 5 heteroatoms. The topological polar surface area (TPSA) is 75.4 Å². The van der Waals surface area contributed by atoms with E-state index in [-0.39, 0.29) is 11.4 Å². The first-order valence-corrected chi connectivity index (χ1v) is 5.42. The third-order valence-corrected chi connectivity index (χ3v) is 3.57. The largest absolute Gasteiger partial charge is 0.368 e. The lowest BCUT2D eigenvalue weighted by atomic mass is 9.96. The molecule has 2 heterocycles. The maximum Gasteiger partial charge on any atom is 0.243 e. The van der Waals surface area contributed by atoms with E-state index in [9.17, 15) is 9.59 Å². The van der Waals surface area contributed by atoms with Crippen LogP contribution in [0.15, 0.2) is 0 Å². The van der Waals surface area contributed by atoms with Crippen molar-refractivity contribution in [3.05, 3.63) is 0 Å². The summed E-state index contributed by atoms with van der Waals surface area (Å²) in [5.74, 6) is -0.385. The van der Waals surface area contributed by atoms with Gasteiger partial charge in [0.15, 0.2) is 0 Å². The molecule has 2 saturated heterocycles. The van der Waals surface area contributed by atoms with Gasteiger partial charge in [-0.25, -0.2) is 0 Å². The van der Waals surface area contributed by atoms with Crippen LogP contribution in [0.2, 0.25) is 0 Å². The Morgan fingerprint density at radius 2 is 2.33 bits per heavy atom. The van der Waals surface area contributed by atoms with Crippen LogP contribution in [0.4, 0.5) is 0 Å². The van der Waals surface area contributed by atoms with E-state index in [2.05, 4.69) is 5.32 Å². The molecular formula is C10H17N3O2. The number of primary amides is 1. The zero-order valence-electron chi connectivity index (χ0n) is 8.95. The molecule has 0 bridgehead atoms. The van der Waals surface area contributed by atoms with E-state index in [4.69, 9.17) is 5.73 Å². The second kappa shape index (κ2) is 3.48. The molecule has 2 unspecified atom stereocenters. The van der Waals surface area contributed by atoms with E-state index in [1.54, 1.807) is 11.8 Å². The summed E-state index contributed by atoms with van der Waals surface area (Å²) in [6.45, 7) is 3.22. The van der Waals surface area contributed by atoms with Crippen LogP contribution in [0.1, 0.15) is 26.2 Å². The lowest BCUT2D eigenvalue weighted by Crippen LogP contribution is -2.51. The Morgan fingerprint density at radius 1 is 1.60 bits per heavy atom. The molecule has 0 saturated carbocycles. The van der Waals surface area contributed by atoms with Crippen LogP contribution in [-0.2, 0) is 9.59 Å². The Bertz CT molecular complexity index is 297. The van der Waals surface area contributed by atoms with Crippen molar-refractivity contribution in [2.45, 2.75) is 37.8 Å². The van der Waals surface area contributed by atoms with Crippen molar-refractivity contribution in [2.24, 2.45) is 5.73 Å². The molecule has 84 valence electrons. The van der Waals surface area contributed by atoms with Crippen molar-refractivity contribution in [3.63, 3.8) is 0 Å². The summed E-state index contributed by atoms with van der Waals surface area (Å²) in [5.41, 5.74) is 4.83. The van der Waals surface area contributed by atoms with Gasteiger partial charge < -0.3 is 16.0 Å². The van der Waals surface area contributed by atoms with E-state index >= 15 is 0 Å². The van der Waals surface area contributed by atoms with E-state index in [1.807, 2.05) is 0 Å². The van der Waals surface area contributed by atoms with Crippen molar-refractivity contribution in [3.8, 4) is 0 Å².